The van der Waals surface area contributed by atoms with Crippen LogP contribution in [0.4, 0.5) is 0 Å². The van der Waals surface area contributed by atoms with E-state index >= 15 is 0 Å². The number of hydrogen-bond acceptors (Lipinski definition) is 6. The molecule has 27 heavy (non-hydrogen) atoms. The molecule has 2 saturated heterocycles. The lowest BCUT2D eigenvalue weighted by molar-refractivity contribution is 0.0315. The van der Waals surface area contributed by atoms with Gasteiger partial charge in [0.25, 0.3) is 5.56 Å². The third-order valence-corrected chi connectivity index (χ3v) is 8.17. The molecule has 2 aromatic rings. The zero-order valence-corrected chi connectivity index (χ0v) is 17.2. The Morgan fingerprint density at radius 3 is 2.74 bits per heavy atom. The van der Waals surface area contributed by atoms with Crippen molar-refractivity contribution >= 4 is 33.3 Å². The number of thioether (sulfide) groups is 1. The van der Waals surface area contributed by atoms with Crippen molar-refractivity contribution in [1.82, 2.24) is 9.55 Å². The smallest absolute Gasteiger partial charge is 0.263 e. The molecule has 2 atom stereocenters. The van der Waals surface area contributed by atoms with Crippen LogP contribution in [0.25, 0.3) is 10.2 Å². The van der Waals surface area contributed by atoms with E-state index in [2.05, 4.69) is 0 Å². The second kappa shape index (κ2) is 7.85. The molecule has 0 unspecified atom stereocenters. The quantitative estimate of drug-likeness (QED) is 0.559. The van der Waals surface area contributed by atoms with Gasteiger partial charge in [-0.05, 0) is 56.9 Å². The molecule has 2 aliphatic heterocycles. The van der Waals surface area contributed by atoms with Gasteiger partial charge in [-0.3, -0.25) is 9.36 Å². The van der Waals surface area contributed by atoms with Crippen LogP contribution in [0.15, 0.2) is 9.95 Å². The van der Waals surface area contributed by atoms with Gasteiger partial charge < -0.3 is 9.47 Å². The zero-order chi connectivity index (χ0) is 18.2. The van der Waals surface area contributed by atoms with Crippen LogP contribution in [0.1, 0.15) is 49.0 Å². The number of aromatic nitrogens is 2. The van der Waals surface area contributed by atoms with E-state index in [9.17, 15) is 4.79 Å². The molecule has 5 nitrogen and oxygen atoms in total. The molecule has 0 bridgehead atoms. The average Bonchev–Trinajstić information content (AvgIpc) is 3.40. The van der Waals surface area contributed by atoms with Gasteiger partial charge in [-0.25, -0.2) is 4.98 Å². The first kappa shape index (κ1) is 18.2. The second-order valence-electron chi connectivity index (χ2n) is 7.78. The van der Waals surface area contributed by atoms with Crippen LogP contribution in [-0.2, 0) is 28.9 Å². The minimum atomic E-state index is 0.138. The molecular formula is C20H26N2O3S2. The van der Waals surface area contributed by atoms with Gasteiger partial charge in [0.05, 0.1) is 24.1 Å². The molecule has 0 spiro atoms. The van der Waals surface area contributed by atoms with E-state index in [1.54, 1.807) is 23.1 Å². The van der Waals surface area contributed by atoms with Gasteiger partial charge in [0.15, 0.2) is 5.16 Å². The summed E-state index contributed by atoms with van der Waals surface area (Å²) < 4.78 is 13.6. The lowest BCUT2D eigenvalue weighted by Crippen LogP contribution is -2.29. The molecule has 0 aromatic carbocycles. The molecule has 1 aliphatic carbocycles. The minimum absolute atomic E-state index is 0.138. The Hall–Kier alpha value is -0.890. The molecule has 0 saturated carbocycles. The Balaban J connectivity index is 1.49. The maximum Gasteiger partial charge on any atom is 0.263 e. The lowest BCUT2D eigenvalue weighted by atomic mass is 10.1. The van der Waals surface area contributed by atoms with Crippen LogP contribution >= 0.6 is 23.1 Å². The summed E-state index contributed by atoms with van der Waals surface area (Å²) in [7, 11) is 0. The van der Waals surface area contributed by atoms with Crippen LogP contribution < -0.4 is 5.56 Å². The maximum atomic E-state index is 13.4. The summed E-state index contributed by atoms with van der Waals surface area (Å²) in [6, 6.07) is 0. The van der Waals surface area contributed by atoms with Gasteiger partial charge in [-0.15, -0.1) is 11.3 Å². The molecule has 5 rings (SSSR count). The van der Waals surface area contributed by atoms with Crippen LogP contribution in [0.2, 0.25) is 0 Å². The van der Waals surface area contributed by atoms with E-state index in [0.29, 0.717) is 6.54 Å². The number of ether oxygens (including phenoxy) is 2. The number of thiophene rings is 1. The summed E-state index contributed by atoms with van der Waals surface area (Å²) in [6.07, 6.45) is 9.32. The van der Waals surface area contributed by atoms with Crippen molar-refractivity contribution in [2.45, 2.75) is 75.3 Å². The standard InChI is InChI=1S/C20H26N2O3S2/c23-19-17-15-7-3-8-16(15)27-18(17)21-20(22(19)11-13-6-4-10-24-13)26-12-14-5-1-2-9-25-14/h13-14H,1-12H2/t13-,14-/m1/s1. The molecule has 3 aliphatic rings. The van der Waals surface area contributed by atoms with Crippen molar-refractivity contribution in [2.24, 2.45) is 0 Å². The molecule has 0 N–H and O–H groups in total. The SMILES string of the molecule is O=c1c2c3c(sc2nc(SC[C@H]2CCCCO2)n1C[C@H]1CCCO1)CCC3. The Morgan fingerprint density at radius 1 is 1.07 bits per heavy atom. The zero-order valence-electron chi connectivity index (χ0n) is 15.6. The fraction of sp³-hybridized carbons (Fsp3) is 0.700. The third kappa shape index (κ3) is 3.59. The van der Waals surface area contributed by atoms with Gasteiger partial charge >= 0.3 is 0 Å². The molecule has 2 aromatic heterocycles. The molecule has 0 amide bonds. The summed E-state index contributed by atoms with van der Waals surface area (Å²) in [5.74, 6) is 0.870. The fourth-order valence-corrected chi connectivity index (χ4v) is 6.80. The molecular weight excluding hydrogens is 380 g/mol. The van der Waals surface area contributed by atoms with Crippen molar-refractivity contribution in [3.63, 3.8) is 0 Å². The van der Waals surface area contributed by atoms with E-state index in [0.717, 1.165) is 79.3 Å². The third-order valence-electron chi connectivity index (χ3n) is 5.87. The van der Waals surface area contributed by atoms with Gasteiger partial charge in [-0.2, -0.15) is 0 Å². The van der Waals surface area contributed by atoms with Crippen molar-refractivity contribution in [2.75, 3.05) is 19.0 Å². The van der Waals surface area contributed by atoms with E-state index in [1.165, 1.54) is 16.9 Å². The summed E-state index contributed by atoms with van der Waals surface area (Å²) in [5.41, 5.74) is 1.41. The predicted molar refractivity (Wildman–Crippen MR) is 109 cm³/mol. The number of aryl methyl sites for hydroxylation is 2. The highest BCUT2D eigenvalue weighted by Gasteiger charge is 2.26. The predicted octanol–water partition coefficient (Wildman–Crippen LogP) is 3.79. The fourth-order valence-electron chi connectivity index (χ4n) is 4.43. The molecule has 2 fully saturated rings. The monoisotopic (exact) mass is 406 g/mol. The van der Waals surface area contributed by atoms with Gasteiger partial charge in [0.2, 0.25) is 0 Å². The van der Waals surface area contributed by atoms with Crippen LogP contribution in [0.3, 0.4) is 0 Å². The molecule has 7 heteroatoms. The van der Waals surface area contributed by atoms with E-state index in [-0.39, 0.29) is 17.8 Å². The summed E-state index contributed by atoms with van der Waals surface area (Å²) in [5, 5.41) is 1.72. The highest BCUT2D eigenvalue weighted by atomic mass is 32.2. The van der Waals surface area contributed by atoms with Crippen molar-refractivity contribution in [1.29, 1.82) is 0 Å². The van der Waals surface area contributed by atoms with Crippen molar-refractivity contribution < 1.29 is 9.47 Å². The molecule has 146 valence electrons. The van der Waals surface area contributed by atoms with Crippen molar-refractivity contribution in [3.05, 3.63) is 20.8 Å². The van der Waals surface area contributed by atoms with Crippen LogP contribution in [0, 0.1) is 0 Å². The molecule has 0 radical (unpaired) electrons. The molecule has 4 heterocycles. The first-order chi connectivity index (χ1) is 13.3. The largest absolute Gasteiger partial charge is 0.377 e. The Labute approximate surface area is 167 Å². The second-order valence-corrected chi connectivity index (χ2v) is 9.85. The number of hydrogen-bond donors (Lipinski definition) is 0. The minimum Gasteiger partial charge on any atom is -0.377 e. The highest BCUT2D eigenvalue weighted by Crippen LogP contribution is 2.36. The number of nitrogens with zero attached hydrogens (tertiary/aromatic N) is 2. The summed E-state index contributed by atoms with van der Waals surface area (Å²) in [4.78, 5) is 20.7. The van der Waals surface area contributed by atoms with Gasteiger partial charge in [-0.1, -0.05) is 11.8 Å². The van der Waals surface area contributed by atoms with Gasteiger partial charge in [0.1, 0.15) is 4.83 Å². The summed E-state index contributed by atoms with van der Waals surface area (Å²) >= 11 is 3.41. The normalized spacial score (nSPS) is 25.3. The average molecular weight is 407 g/mol. The van der Waals surface area contributed by atoms with E-state index < -0.39 is 0 Å². The van der Waals surface area contributed by atoms with Crippen LogP contribution in [0.5, 0.6) is 0 Å². The Morgan fingerprint density at radius 2 is 1.93 bits per heavy atom. The number of fused-ring (bicyclic) bond motifs is 3. The van der Waals surface area contributed by atoms with E-state index in [1.807, 2.05) is 4.57 Å². The van der Waals surface area contributed by atoms with Crippen molar-refractivity contribution in [3.8, 4) is 0 Å². The maximum absolute atomic E-state index is 13.4. The lowest BCUT2D eigenvalue weighted by Gasteiger charge is -2.22. The Bertz CT molecular complexity index is 879. The van der Waals surface area contributed by atoms with Gasteiger partial charge in [0, 0.05) is 23.8 Å². The van der Waals surface area contributed by atoms with E-state index in [4.69, 9.17) is 14.5 Å². The summed E-state index contributed by atoms with van der Waals surface area (Å²) in [6.45, 7) is 2.29. The highest BCUT2D eigenvalue weighted by molar-refractivity contribution is 7.99. The van der Waals surface area contributed by atoms with Crippen LogP contribution in [-0.4, -0.2) is 40.7 Å². The first-order valence-corrected chi connectivity index (χ1v) is 12.0. The first-order valence-electron chi connectivity index (χ1n) is 10.2. The topological polar surface area (TPSA) is 53.3 Å². The Kier molecular flexibility index (Phi) is 5.28. The number of rotatable bonds is 5.